The number of nitrogens with one attached hydrogen (secondary N) is 2. The first-order valence-corrected chi connectivity index (χ1v) is 11.8. The van der Waals surface area contributed by atoms with Crippen LogP contribution in [0.25, 0.3) is 0 Å². The standard InChI is InChI=1S/C26H25ClFN3O4/c27-17-11-13-19(14-12-17)31(23(32)16-29-25(33)22-10-5-15-35-22)24(20-8-3-4-9-21(20)28)26(34)30-18-6-1-2-7-18/h3-5,8-15,18,24H,1-2,6-7,16H2,(H,29,33)(H,30,34). The lowest BCUT2D eigenvalue weighted by Crippen LogP contribution is -2.49. The lowest BCUT2D eigenvalue weighted by Gasteiger charge is -2.32. The number of hydrogen-bond acceptors (Lipinski definition) is 4. The van der Waals surface area contributed by atoms with E-state index in [9.17, 15) is 18.8 Å². The molecule has 1 aromatic heterocycles. The summed E-state index contributed by atoms with van der Waals surface area (Å²) in [6.07, 6.45) is 4.98. The van der Waals surface area contributed by atoms with E-state index in [1.165, 1.54) is 35.4 Å². The molecule has 1 unspecified atom stereocenters. The number of halogens is 2. The van der Waals surface area contributed by atoms with Crippen LogP contribution in [-0.2, 0) is 9.59 Å². The van der Waals surface area contributed by atoms with Crippen LogP contribution in [-0.4, -0.2) is 30.3 Å². The van der Waals surface area contributed by atoms with Gasteiger partial charge in [-0.2, -0.15) is 0 Å². The molecule has 7 nitrogen and oxygen atoms in total. The van der Waals surface area contributed by atoms with Crippen molar-refractivity contribution in [3.8, 4) is 0 Å². The average molecular weight is 498 g/mol. The minimum atomic E-state index is -1.30. The van der Waals surface area contributed by atoms with E-state index in [1.54, 1.807) is 36.4 Å². The monoisotopic (exact) mass is 497 g/mol. The number of nitrogens with zero attached hydrogens (tertiary/aromatic N) is 1. The molecule has 1 atom stereocenters. The molecule has 0 bridgehead atoms. The third kappa shape index (κ3) is 5.89. The van der Waals surface area contributed by atoms with Crippen LogP contribution in [0, 0.1) is 5.82 Å². The molecule has 2 N–H and O–H groups in total. The van der Waals surface area contributed by atoms with Gasteiger partial charge in [0.05, 0.1) is 12.8 Å². The Kier molecular flexibility index (Phi) is 7.82. The van der Waals surface area contributed by atoms with Crippen LogP contribution in [0.3, 0.4) is 0 Å². The van der Waals surface area contributed by atoms with Gasteiger partial charge in [0.25, 0.3) is 5.91 Å². The van der Waals surface area contributed by atoms with Gasteiger partial charge < -0.3 is 15.1 Å². The maximum atomic E-state index is 15.0. The second kappa shape index (κ2) is 11.2. The number of anilines is 1. The molecule has 1 aliphatic rings. The van der Waals surface area contributed by atoms with Gasteiger partial charge in [-0.1, -0.05) is 42.6 Å². The Morgan fingerprint density at radius 2 is 1.74 bits per heavy atom. The number of hydrogen-bond donors (Lipinski definition) is 2. The smallest absolute Gasteiger partial charge is 0.287 e. The predicted octanol–water partition coefficient (Wildman–Crippen LogP) is 4.64. The van der Waals surface area contributed by atoms with Gasteiger partial charge in [-0.25, -0.2) is 4.39 Å². The summed E-state index contributed by atoms with van der Waals surface area (Å²) in [6.45, 7) is -0.441. The fourth-order valence-electron chi connectivity index (χ4n) is 4.22. The predicted molar refractivity (Wildman–Crippen MR) is 130 cm³/mol. The molecule has 3 amide bonds. The zero-order valence-corrected chi connectivity index (χ0v) is 19.6. The van der Waals surface area contributed by atoms with Crippen molar-refractivity contribution in [2.24, 2.45) is 0 Å². The zero-order valence-electron chi connectivity index (χ0n) is 18.9. The van der Waals surface area contributed by atoms with Crippen LogP contribution in [0.2, 0.25) is 5.02 Å². The Labute approximate surface area is 207 Å². The van der Waals surface area contributed by atoms with Crippen LogP contribution in [0.4, 0.5) is 10.1 Å². The third-order valence-corrected chi connectivity index (χ3v) is 6.18. The number of rotatable bonds is 8. The van der Waals surface area contributed by atoms with Gasteiger partial charge in [-0.3, -0.25) is 19.3 Å². The molecule has 35 heavy (non-hydrogen) atoms. The maximum absolute atomic E-state index is 15.0. The van der Waals surface area contributed by atoms with Crippen molar-refractivity contribution >= 4 is 35.0 Å². The minimum Gasteiger partial charge on any atom is -0.459 e. The quantitative estimate of drug-likeness (QED) is 0.474. The van der Waals surface area contributed by atoms with Gasteiger partial charge in [-0.15, -0.1) is 0 Å². The van der Waals surface area contributed by atoms with Crippen molar-refractivity contribution in [1.29, 1.82) is 0 Å². The largest absolute Gasteiger partial charge is 0.459 e. The van der Waals surface area contributed by atoms with E-state index in [1.807, 2.05) is 0 Å². The van der Waals surface area contributed by atoms with Crippen LogP contribution in [0.1, 0.15) is 47.8 Å². The molecular formula is C26H25ClFN3O4. The molecule has 3 aromatic rings. The van der Waals surface area contributed by atoms with Gasteiger partial charge in [0.15, 0.2) is 5.76 Å². The Bertz CT molecular complexity index is 1180. The number of carbonyl (C=O) groups is 3. The molecule has 0 aliphatic heterocycles. The maximum Gasteiger partial charge on any atom is 0.287 e. The van der Waals surface area contributed by atoms with Crippen LogP contribution >= 0.6 is 11.6 Å². The second-order valence-electron chi connectivity index (χ2n) is 8.31. The Morgan fingerprint density at radius 1 is 1.03 bits per heavy atom. The van der Waals surface area contributed by atoms with E-state index in [-0.39, 0.29) is 17.4 Å². The van der Waals surface area contributed by atoms with Crippen LogP contribution < -0.4 is 15.5 Å². The number of furan rings is 1. The third-order valence-electron chi connectivity index (χ3n) is 5.93. The van der Waals surface area contributed by atoms with Crippen molar-refractivity contribution < 1.29 is 23.2 Å². The first-order valence-electron chi connectivity index (χ1n) is 11.4. The van der Waals surface area contributed by atoms with Gasteiger partial charge in [0.1, 0.15) is 11.9 Å². The van der Waals surface area contributed by atoms with E-state index in [2.05, 4.69) is 10.6 Å². The first-order chi connectivity index (χ1) is 16.9. The highest BCUT2D eigenvalue weighted by molar-refractivity contribution is 6.30. The van der Waals surface area contributed by atoms with Gasteiger partial charge in [0, 0.05) is 22.3 Å². The lowest BCUT2D eigenvalue weighted by molar-refractivity contribution is -0.126. The lowest BCUT2D eigenvalue weighted by atomic mass is 10.0. The van der Waals surface area contributed by atoms with Crippen molar-refractivity contribution in [1.82, 2.24) is 10.6 Å². The molecule has 4 rings (SSSR count). The number of amides is 3. The van der Waals surface area contributed by atoms with Crippen LogP contribution in [0.5, 0.6) is 0 Å². The molecule has 9 heteroatoms. The van der Waals surface area contributed by atoms with E-state index < -0.39 is 36.1 Å². The SMILES string of the molecule is O=C(NCC(=O)N(c1ccc(Cl)cc1)C(C(=O)NC1CCCC1)c1ccccc1F)c1ccco1. The molecule has 0 radical (unpaired) electrons. The van der Waals surface area contributed by atoms with E-state index in [0.29, 0.717) is 10.7 Å². The molecule has 182 valence electrons. The summed E-state index contributed by atoms with van der Waals surface area (Å²) in [4.78, 5) is 40.6. The Balaban J connectivity index is 1.69. The normalized spacial score (nSPS) is 14.3. The zero-order chi connectivity index (χ0) is 24.8. The summed E-state index contributed by atoms with van der Waals surface area (Å²) in [7, 11) is 0. The van der Waals surface area contributed by atoms with Crippen molar-refractivity contribution in [3.63, 3.8) is 0 Å². The molecule has 1 saturated carbocycles. The summed E-state index contributed by atoms with van der Waals surface area (Å²) in [5.74, 6) is -2.27. The summed E-state index contributed by atoms with van der Waals surface area (Å²) < 4.78 is 20.1. The topological polar surface area (TPSA) is 91.7 Å². The molecule has 0 saturated heterocycles. The van der Waals surface area contributed by atoms with Crippen LogP contribution in [0.15, 0.2) is 71.3 Å². The molecular weight excluding hydrogens is 473 g/mol. The number of benzene rings is 2. The van der Waals surface area contributed by atoms with Gasteiger partial charge in [-0.05, 0) is 55.3 Å². The summed E-state index contributed by atoms with van der Waals surface area (Å²) in [5.41, 5.74) is 0.380. The van der Waals surface area contributed by atoms with Gasteiger partial charge >= 0.3 is 0 Å². The minimum absolute atomic E-state index is 0.0421. The first kappa shape index (κ1) is 24.5. The molecule has 1 heterocycles. The highest BCUT2D eigenvalue weighted by Gasteiger charge is 2.36. The van der Waals surface area contributed by atoms with Crippen molar-refractivity contribution in [2.75, 3.05) is 11.4 Å². The van der Waals surface area contributed by atoms with Gasteiger partial charge in [0.2, 0.25) is 11.8 Å². The molecule has 2 aromatic carbocycles. The fourth-order valence-corrected chi connectivity index (χ4v) is 4.35. The molecule has 1 fully saturated rings. The van der Waals surface area contributed by atoms with E-state index in [4.69, 9.17) is 16.0 Å². The average Bonchev–Trinajstić information content (AvgIpc) is 3.57. The summed E-state index contributed by atoms with van der Waals surface area (Å²) in [6, 6.07) is 13.8. The van der Waals surface area contributed by atoms with E-state index >= 15 is 0 Å². The summed E-state index contributed by atoms with van der Waals surface area (Å²) in [5, 5.41) is 5.92. The Hall–Kier alpha value is -3.65. The fraction of sp³-hybridized carbons (Fsp3) is 0.269. The molecule has 0 spiro atoms. The van der Waals surface area contributed by atoms with E-state index in [0.717, 1.165) is 25.7 Å². The van der Waals surface area contributed by atoms with Crippen molar-refractivity contribution in [2.45, 2.75) is 37.8 Å². The summed E-state index contributed by atoms with van der Waals surface area (Å²) >= 11 is 6.04. The number of carbonyl (C=O) groups excluding carboxylic acids is 3. The second-order valence-corrected chi connectivity index (χ2v) is 8.75. The molecule has 1 aliphatic carbocycles. The van der Waals surface area contributed by atoms with Crippen molar-refractivity contribution in [3.05, 3.63) is 89.1 Å². The highest BCUT2D eigenvalue weighted by Crippen LogP contribution is 2.31. The Morgan fingerprint density at radius 3 is 2.40 bits per heavy atom. The highest BCUT2D eigenvalue weighted by atomic mass is 35.5.